The average molecular weight is 469 g/mol. The molecule has 0 saturated carbocycles. The fourth-order valence-corrected chi connectivity index (χ4v) is 4.06. The molecular formula is C28H28N4O3. The van der Waals surface area contributed by atoms with Crippen molar-refractivity contribution in [3.8, 4) is 22.7 Å². The van der Waals surface area contributed by atoms with Crippen LogP contribution in [0.2, 0.25) is 0 Å². The maximum absolute atomic E-state index is 8.90. The van der Waals surface area contributed by atoms with Crippen LogP contribution in [0.15, 0.2) is 79.1 Å². The number of ether oxygens (including phenoxy) is 2. The Kier molecular flexibility index (Phi) is 6.99. The summed E-state index contributed by atoms with van der Waals surface area (Å²) < 4.78 is 12.7. The summed E-state index contributed by atoms with van der Waals surface area (Å²) in [5, 5.41) is 13.2. The molecule has 0 aliphatic rings. The number of nitrogens with zero attached hydrogens (tertiary/aromatic N) is 3. The van der Waals surface area contributed by atoms with E-state index >= 15 is 0 Å². The molecule has 0 saturated heterocycles. The first-order valence-corrected chi connectivity index (χ1v) is 11.7. The van der Waals surface area contributed by atoms with Gasteiger partial charge in [0.05, 0.1) is 29.8 Å². The first kappa shape index (κ1) is 23.0. The Hall–Kier alpha value is -3.78. The molecule has 0 bridgehead atoms. The summed E-state index contributed by atoms with van der Waals surface area (Å²) in [4.78, 5) is 9.43. The van der Waals surface area contributed by atoms with E-state index in [-0.39, 0.29) is 6.61 Å². The Morgan fingerprint density at radius 3 is 2.57 bits per heavy atom. The number of rotatable bonds is 10. The first-order chi connectivity index (χ1) is 17.2. The third-order valence-electron chi connectivity index (χ3n) is 5.90. The van der Waals surface area contributed by atoms with E-state index < -0.39 is 0 Å². The van der Waals surface area contributed by atoms with Gasteiger partial charge < -0.3 is 19.9 Å². The maximum atomic E-state index is 8.90. The van der Waals surface area contributed by atoms with Crippen molar-refractivity contribution in [2.75, 3.05) is 33.5 Å². The second-order valence-electron chi connectivity index (χ2n) is 8.28. The van der Waals surface area contributed by atoms with E-state index in [1.165, 1.54) is 5.56 Å². The average Bonchev–Trinajstić information content (AvgIpc) is 3.32. The lowest BCUT2D eigenvalue weighted by atomic mass is 10.0. The van der Waals surface area contributed by atoms with E-state index in [2.05, 4.69) is 58.8 Å². The largest absolute Gasteiger partial charge is 0.491 e. The zero-order chi connectivity index (χ0) is 24.0. The summed E-state index contributed by atoms with van der Waals surface area (Å²) in [6.07, 6.45) is 1.79. The molecule has 0 aliphatic carbocycles. The zero-order valence-electron chi connectivity index (χ0n) is 19.6. The highest BCUT2D eigenvalue weighted by Crippen LogP contribution is 2.27. The fourth-order valence-electron chi connectivity index (χ4n) is 4.06. The van der Waals surface area contributed by atoms with Crippen molar-refractivity contribution in [2.24, 2.45) is 0 Å². The normalized spacial score (nSPS) is 11.4. The van der Waals surface area contributed by atoms with E-state index in [4.69, 9.17) is 19.6 Å². The van der Waals surface area contributed by atoms with Crippen LogP contribution in [0.4, 0.5) is 0 Å². The molecule has 2 N–H and O–H groups in total. The molecule has 0 fully saturated rings. The molecule has 0 spiro atoms. The second-order valence-corrected chi connectivity index (χ2v) is 8.28. The molecule has 0 radical (unpaired) electrons. The maximum Gasteiger partial charge on any atom is 0.139 e. The Morgan fingerprint density at radius 1 is 0.886 bits per heavy atom. The molecular weight excluding hydrogens is 440 g/mol. The highest BCUT2D eigenvalue weighted by molar-refractivity contribution is 5.86. The molecule has 2 aromatic heterocycles. The summed E-state index contributed by atoms with van der Waals surface area (Å²) >= 11 is 0. The van der Waals surface area contributed by atoms with Gasteiger partial charge in [-0.1, -0.05) is 30.3 Å². The van der Waals surface area contributed by atoms with Crippen LogP contribution in [0.5, 0.6) is 5.75 Å². The van der Waals surface area contributed by atoms with E-state index in [0.717, 1.165) is 51.2 Å². The van der Waals surface area contributed by atoms with Crippen molar-refractivity contribution in [1.29, 1.82) is 0 Å². The molecule has 0 unspecified atom stereocenters. The Morgan fingerprint density at radius 2 is 1.74 bits per heavy atom. The van der Waals surface area contributed by atoms with Gasteiger partial charge in [-0.2, -0.15) is 0 Å². The Balaban J connectivity index is 1.37. The molecule has 178 valence electrons. The van der Waals surface area contributed by atoms with Crippen molar-refractivity contribution in [2.45, 2.75) is 6.54 Å². The van der Waals surface area contributed by atoms with Gasteiger partial charge in [0.1, 0.15) is 24.5 Å². The van der Waals surface area contributed by atoms with Gasteiger partial charge in [0.15, 0.2) is 0 Å². The Bertz CT molecular complexity index is 1430. The van der Waals surface area contributed by atoms with E-state index in [9.17, 15) is 0 Å². The number of hydrogen-bond acceptors (Lipinski definition) is 6. The smallest absolute Gasteiger partial charge is 0.139 e. The number of aliphatic hydroxyl groups excluding tert-OH is 1. The summed E-state index contributed by atoms with van der Waals surface area (Å²) in [6, 6.07) is 24.8. The molecule has 2 heterocycles. The van der Waals surface area contributed by atoms with Gasteiger partial charge in [-0.15, -0.1) is 0 Å². The fraction of sp³-hybridized carbons (Fsp3) is 0.214. The lowest BCUT2D eigenvalue weighted by Crippen LogP contribution is -2.17. The van der Waals surface area contributed by atoms with Gasteiger partial charge in [0.2, 0.25) is 0 Å². The molecule has 0 atom stereocenters. The highest BCUT2D eigenvalue weighted by Gasteiger charge is 2.09. The van der Waals surface area contributed by atoms with Gasteiger partial charge in [0, 0.05) is 31.7 Å². The predicted molar refractivity (Wildman–Crippen MR) is 138 cm³/mol. The minimum absolute atomic E-state index is 0.146. The van der Waals surface area contributed by atoms with Crippen LogP contribution >= 0.6 is 0 Å². The third kappa shape index (κ3) is 5.17. The minimum atomic E-state index is 0.146. The highest BCUT2D eigenvalue weighted by atomic mass is 16.5. The van der Waals surface area contributed by atoms with Gasteiger partial charge in [-0.05, 0) is 53.1 Å². The summed E-state index contributed by atoms with van der Waals surface area (Å²) in [7, 11) is 1.66. The van der Waals surface area contributed by atoms with Crippen LogP contribution in [0, 0.1) is 0 Å². The molecule has 0 aliphatic heterocycles. The van der Waals surface area contributed by atoms with Crippen molar-refractivity contribution in [3.05, 3.63) is 84.7 Å². The molecule has 3 aromatic carbocycles. The number of fused-ring (bicyclic) bond motifs is 2. The zero-order valence-corrected chi connectivity index (χ0v) is 19.6. The number of benzene rings is 3. The van der Waals surface area contributed by atoms with Crippen LogP contribution < -0.4 is 10.1 Å². The van der Waals surface area contributed by atoms with E-state index in [1.807, 2.05) is 28.8 Å². The summed E-state index contributed by atoms with van der Waals surface area (Å²) in [5.74, 6) is 1.59. The Labute approximate surface area is 204 Å². The molecule has 5 rings (SSSR count). The van der Waals surface area contributed by atoms with Crippen molar-refractivity contribution < 1.29 is 14.6 Å². The summed E-state index contributed by atoms with van der Waals surface area (Å²) in [6.45, 7) is 2.54. The van der Waals surface area contributed by atoms with Gasteiger partial charge in [0.25, 0.3) is 0 Å². The van der Waals surface area contributed by atoms with Crippen molar-refractivity contribution in [3.63, 3.8) is 0 Å². The topological polar surface area (TPSA) is 81.4 Å². The number of imidazole rings is 1. The van der Waals surface area contributed by atoms with Crippen molar-refractivity contribution >= 4 is 21.9 Å². The van der Waals surface area contributed by atoms with Crippen LogP contribution in [0.1, 0.15) is 5.56 Å². The number of nitrogens with one attached hydrogen (secondary N) is 1. The van der Waals surface area contributed by atoms with Gasteiger partial charge in [-0.25, -0.2) is 9.97 Å². The molecule has 35 heavy (non-hydrogen) atoms. The molecule has 7 heteroatoms. The van der Waals surface area contributed by atoms with Crippen LogP contribution in [0.3, 0.4) is 0 Å². The predicted octanol–water partition coefficient (Wildman–Crippen LogP) is 4.35. The van der Waals surface area contributed by atoms with Gasteiger partial charge >= 0.3 is 0 Å². The number of methoxy groups -OCH3 is 1. The number of aromatic nitrogens is 3. The van der Waals surface area contributed by atoms with Crippen LogP contribution in [-0.2, 0) is 11.3 Å². The van der Waals surface area contributed by atoms with Crippen LogP contribution in [-0.4, -0.2) is 53.1 Å². The molecule has 7 nitrogen and oxygen atoms in total. The van der Waals surface area contributed by atoms with E-state index in [1.54, 1.807) is 13.4 Å². The number of hydrogen-bond donors (Lipinski definition) is 2. The lowest BCUT2D eigenvalue weighted by molar-refractivity contribution is 0.146. The first-order valence-electron chi connectivity index (χ1n) is 11.7. The minimum Gasteiger partial charge on any atom is -0.491 e. The number of pyridine rings is 1. The number of aliphatic hydroxyl groups is 1. The van der Waals surface area contributed by atoms with Crippen molar-refractivity contribution in [1.82, 2.24) is 19.9 Å². The lowest BCUT2D eigenvalue weighted by Gasteiger charge is -2.09. The quantitative estimate of drug-likeness (QED) is 0.297. The van der Waals surface area contributed by atoms with Gasteiger partial charge in [-0.3, -0.25) is 4.57 Å². The SMILES string of the molecule is COCCOc1ccc2c(c1)ncn2-c1ccc2cc(-c3ccc(CNCCO)cc3)ccc2n1. The monoisotopic (exact) mass is 468 g/mol. The standard InChI is InChI=1S/C28H28N4O3/c1-34-14-15-35-24-8-10-27-26(17-24)30-19-32(27)28-11-7-23-16-22(6-9-25(23)31-28)21-4-2-20(3-5-21)18-29-12-13-33/h2-11,16-17,19,29,33H,12-15,18H2,1H3. The molecule has 5 aromatic rings. The third-order valence-corrected chi connectivity index (χ3v) is 5.90. The molecule has 0 amide bonds. The van der Waals surface area contributed by atoms with Crippen LogP contribution in [0.25, 0.3) is 38.9 Å². The second kappa shape index (κ2) is 10.7. The van der Waals surface area contributed by atoms with E-state index in [0.29, 0.717) is 19.8 Å². The summed E-state index contributed by atoms with van der Waals surface area (Å²) in [5.41, 5.74) is 6.25.